The molecule has 1 unspecified atom stereocenters. The van der Waals surface area contributed by atoms with E-state index in [0.717, 1.165) is 54.1 Å². The number of nitrogens with zero attached hydrogens (tertiary/aromatic N) is 2. The quantitative estimate of drug-likeness (QED) is 0.627. The van der Waals surface area contributed by atoms with Crippen molar-refractivity contribution in [3.05, 3.63) is 59.7 Å². The molecule has 0 spiro atoms. The predicted octanol–water partition coefficient (Wildman–Crippen LogP) is 3.28. The number of hydrogen-bond acceptors (Lipinski definition) is 4. The number of fused-ring (bicyclic) bond motifs is 1. The molecule has 0 bridgehead atoms. The van der Waals surface area contributed by atoms with Crippen molar-refractivity contribution in [1.29, 1.82) is 0 Å². The second-order valence-corrected chi connectivity index (χ2v) is 7.92. The molecule has 3 aromatic rings. The topological polar surface area (TPSA) is 70.2 Å². The maximum Gasteiger partial charge on any atom is 0.224 e. The lowest BCUT2D eigenvalue weighted by atomic mass is 9.98. The Kier molecular flexibility index (Phi) is 6.28. The fourth-order valence-corrected chi connectivity index (χ4v) is 4.03. The van der Waals surface area contributed by atoms with Crippen LogP contribution in [0.4, 0.5) is 4.39 Å². The second-order valence-electron chi connectivity index (χ2n) is 7.92. The molecule has 1 aliphatic rings. The first-order valence-electron chi connectivity index (χ1n) is 10.3. The van der Waals surface area contributed by atoms with Crippen LogP contribution in [0, 0.1) is 11.7 Å². The van der Waals surface area contributed by atoms with Crippen LogP contribution in [0.2, 0.25) is 0 Å². The number of hydrogen-bond donors (Lipinski definition) is 2. The molecule has 0 aliphatic carbocycles. The van der Waals surface area contributed by atoms with Gasteiger partial charge in [-0.15, -0.1) is 0 Å². The lowest BCUT2D eigenvalue weighted by Gasteiger charge is -2.32. The van der Waals surface area contributed by atoms with Gasteiger partial charge >= 0.3 is 0 Å². The number of piperidine rings is 1. The van der Waals surface area contributed by atoms with E-state index in [1.807, 2.05) is 24.3 Å². The largest absolute Gasteiger partial charge is 0.497 e. The fourth-order valence-electron chi connectivity index (χ4n) is 4.03. The van der Waals surface area contributed by atoms with Crippen LogP contribution in [0.5, 0.6) is 5.75 Å². The van der Waals surface area contributed by atoms with Crippen LogP contribution in [0.1, 0.15) is 24.2 Å². The highest BCUT2D eigenvalue weighted by Gasteiger charge is 2.21. The Labute approximate surface area is 175 Å². The first-order valence-corrected chi connectivity index (χ1v) is 10.3. The minimum atomic E-state index is -0.263. The van der Waals surface area contributed by atoms with Crippen LogP contribution < -0.4 is 10.1 Å². The lowest BCUT2D eigenvalue weighted by molar-refractivity contribution is -0.120. The van der Waals surface area contributed by atoms with Crippen molar-refractivity contribution < 1.29 is 13.9 Å². The minimum Gasteiger partial charge on any atom is -0.497 e. The summed E-state index contributed by atoms with van der Waals surface area (Å²) < 4.78 is 18.5. The number of carbonyl (C=O) groups is 1. The van der Waals surface area contributed by atoms with Crippen molar-refractivity contribution in [3.63, 3.8) is 0 Å². The zero-order valence-corrected chi connectivity index (χ0v) is 17.2. The number of nitrogens with one attached hydrogen (secondary N) is 2. The van der Waals surface area contributed by atoms with E-state index >= 15 is 0 Å². The number of likely N-dealkylation sites (tertiary alicyclic amines) is 1. The highest BCUT2D eigenvalue weighted by molar-refractivity contribution is 5.78. The van der Waals surface area contributed by atoms with E-state index in [9.17, 15) is 9.18 Å². The molecule has 1 fully saturated rings. The number of benzene rings is 2. The molecule has 2 N–H and O–H groups in total. The molecule has 0 saturated carbocycles. The van der Waals surface area contributed by atoms with Crippen molar-refractivity contribution >= 4 is 16.9 Å². The van der Waals surface area contributed by atoms with Gasteiger partial charge in [0, 0.05) is 13.1 Å². The number of aromatic amines is 1. The van der Waals surface area contributed by atoms with Crippen LogP contribution in [-0.2, 0) is 17.8 Å². The van der Waals surface area contributed by atoms with Gasteiger partial charge < -0.3 is 15.0 Å². The van der Waals surface area contributed by atoms with Crippen molar-refractivity contribution in [2.24, 2.45) is 5.92 Å². The van der Waals surface area contributed by atoms with Gasteiger partial charge in [0.15, 0.2) is 0 Å². The van der Waals surface area contributed by atoms with E-state index in [0.29, 0.717) is 25.4 Å². The molecule has 2 heterocycles. The van der Waals surface area contributed by atoms with Crippen LogP contribution in [-0.4, -0.2) is 47.5 Å². The summed E-state index contributed by atoms with van der Waals surface area (Å²) in [7, 11) is 1.63. The number of imidazole rings is 1. The predicted molar refractivity (Wildman–Crippen MR) is 114 cm³/mol. The number of halogens is 1. The number of amides is 1. The van der Waals surface area contributed by atoms with E-state index in [-0.39, 0.29) is 11.7 Å². The molecular formula is C23H27FN4O2. The molecule has 6 nitrogen and oxygen atoms in total. The number of carbonyl (C=O) groups excluding carboxylic acids is 1. The third-order valence-corrected chi connectivity index (χ3v) is 5.58. The highest BCUT2D eigenvalue weighted by atomic mass is 19.1. The van der Waals surface area contributed by atoms with Crippen LogP contribution in [0.3, 0.4) is 0 Å². The number of ether oxygens (including phenoxy) is 1. The molecule has 1 atom stereocenters. The normalized spacial score (nSPS) is 17.2. The third-order valence-electron chi connectivity index (χ3n) is 5.58. The van der Waals surface area contributed by atoms with Crippen molar-refractivity contribution in [1.82, 2.24) is 20.2 Å². The van der Waals surface area contributed by atoms with Crippen molar-refractivity contribution in [2.75, 3.05) is 26.7 Å². The van der Waals surface area contributed by atoms with Gasteiger partial charge in [-0.2, -0.15) is 0 Å². The highest BCUT2D eigenvalue weighted by Crippen LogP contribution is 2.19. The molecule has 158 valence electrons. The van der Waals surface area contributed by atoms with Gasteiger partial charge in [0.2, 0.25) is 5.91 Å². The molecule has 30 heavy (non-hydrogen) atoms. The molecule has 0 radical (unpaired) electrons. The Balaban J connectivity index is 1.26. The van der Waals surface area contributed by atoms with E-state index in [1.54, 1.807) is 13.2 Å². The SMILES string of the molecule is COc1ccc(CC(=O)NCC2CCCN(Cc3nc4ccc(F)cc4[nH]3)C2)cc1. The summed E-state index contributed by atoms with van der Waals surface area (Å²) in [6, 6.07) is 12.2. The van der Waals surface area contributed by atoms with Crippen LogP contribution >= 0.6 is 0 Å². The molecule has 2 aromatic carbocycles. The lowest BCUT2D eigenvalue weighted by Crippen LogP contribution is -2.41. The number of rotatable bonds is 7. The van der Waals surface area contributed by atoms with Crippen LogP contribution in [0.25, 0.3) is 11.0 Å². The number of methoxy groups -OCH3 is 1. The molecule has 1 aromatic heterocycles. The molecule has 7 heteroatoms. The van der Waals surface area contributed by atoms with Gasteiger partial charge in [-0.25, -0.2) is 9.37 Å². The zero-order chi connectivity index (χ0) is 20.9. The molecule has 1 amide bonds. The van der Waals surface area contributed by atoms with Gasteiger partial charge in [0.05, 0.1) is 31.1 Å². The Morgan fingerprint density at radius 1 is 1.30 bits per heavy atom. The third kappa shape index (κ3) is 5.16. The van der Waals surface area contributed by atoms with Gasteiger partial charge in [-0.3, -0.25) is 9.69 Å². The summed E-state index contributed by atoms with van der Waals surface area (Å²) in [6.07, 6.45) is 2.56. The second kappa shape index (κ2) is 9.26. The van der Waals surface area contributed by atoms with E-state index in [4.69, 9.17) is 4.74 Å². The van der Waals surface area contributed by atoms with Gasteiger partial charge in [0.1, 0.15) is 17.4 Å². The zero-order valence-electron chi connectivity index (χ0n) is 17.2. The fraction of sp³-hybridized carbons (Fsp3) is 0.391. The van der Waals surface area contributed by atoms with Gasteiger partial charge in [0.25, 0.3) is 0 Å². The summed E-state index contributed by atoms with van der Waals surface area (Å²) in [5.74, 6) is 1.83. The Bertz CT molecular complexity index is 1000. The Morgan fingerprint density at radius 3 is 2.93 bits per heavy atom. The Morgan fingerprint density at radius 2 is 2.13 bits per heavy atom. The van der Waals surface area contributed by atoms with Crippen molar-refractivity contribution in [3.8, 4) is 5.75 Å². The number of aromatic nitrogens is 2. The molecular weight excluding hydrogens is 383 g/mol. The smallest absolute Gasteiger partial charge is 0.224 e. The monoisotopic (exact) mass is 410 g/mol. The average Bonchev–Trinajstić information content (AvgIpc) is 3.14. The van der Waals surface area contributed by atoms with Gasteiger partial charge in [-0.1, -0.05) is 12.1 Å². The van der Waals surface area contributed by atoms with E-state index < -0.39 is 0 Å². The molecule has 1 saturated heterocycles. The summed E-state index contributed by atoms with van der Waals surface area (Å²) in [5.41, 5.74) is 2.48. The minimum absolute atomic E-state index is 0.0385. The summed E-state index contributed by atoms with van der Waals surface area (Å²) >= 11 is 0. The van der Waals surface area contributed by atoms with Crippen molar-refractivity contribution in [2.45, 2.75) is 25.8 Å². The summed E-state index contributed by atoms with van der Waals surface area (Å²) in [5, 5.41) is 3.08. The maximum absolute atomic E-state index is 13.4. The number of H-pyrrole nitrogens is 1. The first-order chi connectivity index (χ1) is 14.6. The summed E-state index contributed by atoms with van der Waals surface area (Å²) in [4.78, 5) is 22.4. The molecule has 1 aliphatic heterocycles. The standard InChI is InChI=1S/C23H27FN4O2/c1-30-19-7-4-16(5-8-19)11-23(29)25-13-17-3-2-10-28(14-17)15-22-26-20-9-6-18(24)12-21(20)27-22/h4-9,12,17H,2-3,10-11,13-15H2,1H3,(H,25,29)(H,26,27). The first kappa shape index (κ1) is 20.3. The van der Waals surface area contributed by atoms with E-state index in [2.05, 4.69) is 20.2 Å². The maximum atomic E-state index is 13.4. The summed E-state index contributed by atoms with van der Waals surface area (Å²) in [6.45, 7) is 3.29. The van der Waals surface area contributed by atoms with E-state index in [1.165, 1.54) is 12.1 Å². The average molecular weight is 410 g/mol. The van der Waals surface area contributed by atoms with Crippen LogP contribution in [0.15, 0.2) is 42.5 Å². The Hall–Kier alpha value is -2.93. The molecule has 4 rings (SSSR count). The van der Waals surface area contributed by atoms with Gasteiger partial charge in [-0.05, 0) is 61.2 Å².